The van der Waals surface area contributed by atoms with Crippen LogP contribution in [0.3, 0.4) is 0 Å². The molecule has 0 unspecified atom stereocenters. The van der Waals surface area contributed by atoms with Crippen LogP contribution in [0.5, 0.6) is 0 Å². The molecule has 0 saturated carbocycles. The summed E-state index contributed by atoms with van der Waals surface area (Å²) in [7, 11) is 0. The highest BCUT2D eigenvalue weighted by molar-refractivity contribution is 6.09. The average molecular weight is 1010 g/mol. The fourth-order valence-electron chi connectivity index (χ4n) is 11.8. The maximum absolute atomic E-state index is 5.26. The smallest absolute Gasteiger partial charge is 0.137 e. The molecule has 79 heavy (non-hydrogen) atoms. The zero-order chi connectivity index (χ0) is 52.5. The van der Waals surface area contributed by atoms with Crippen molar-refractivity contribution in [1.29, 1.82) is 0 Å². The molecule has 0 radical (unpaired) electrons. The molecule has 11 aromatic carbocycles. The Hall–Kier alpha value is -9.97. The Morgan fingerprint density at radius 1 is 0.215 bits per heavy atom. The molecule has 0 bridgehead atoms. The third-order valence-electron chi connectivity index (χ3n) is 15.5. The second-order valence-electron chi connectivity index (χ2n) is 20.8. The Bertz CT molecular complexity index is 4140. The molecule has 0 spiro atoms. The van der Waals surface area contributed by atoms with E-state index < -0.39 is 0 Å². The summed E-state index contributed by atoms with van der Waals surface area (Å²) in [6.45, 7) is 1.49. The third kappa shape index (κ3) is 9.79. The molecule has 5 nitrogen and oxygen atoms in total. The summed E-state index contributed by atoms with van der Waals surface area (Å²) >= 11 is 0. The normalized spacial score (nSPS) is 11.5. The zero-order valence-corrected chi connectivity index (χ0v) is 43.8. The van der Waals surface area contributed by atoms with Crippen molar-refractivity contribution < 1.29 is 0 Å². The Morgan fingerprint density at radius 3 is 0.873 bits per heavy atom. The third-order valence-corrected chi connectivity index (χ3v) is 15.5. The summed E-state index contributed by atoms with van der Waals surface area (Å²) in [5.74, 6) is 2.30. The first-order valence-corrected chi connectivity index (χ1v) is 27.3. The van der Waals surface area contributed by atoms with E-state index in [1.807, 2.05) is 0 Å². The lowest BCUT2D eigenvalue weighted by atomic mass is 9.94. The van der Waals surface area contributed by atoms with Crippen molar-refractivity contribution in [3.63, 3.8) is 0 Å². The topological polar surface area (TPSA) is 48.5 Å². The molecule has 0 saturated heterocycles. The second kappa shape index (κ2) is 20.9. The number of fused-ring (bicyclic) bond motifs is 6. The van der Waals surface area contributed by atoms with Crippen LogP contribution >= 0.6 is 0 Å². The standard InChI is InChI=1S/C74H55N5/c1-4-20-51(21-5-1)44-72-75-73(45-52-22-18-28-58(38-52)62-42-54(40-60(47-62)56-24-6-2-7-25-56)49-78-68-34-14-10-30-64(68)65-31-11-15-35-69(65)78)77-74(76-72)46-53-23-19-29-59(39-53)63-43-55(41-61(48-63)57-26-8-3-9-27-57)50-79-70-36-16-12-32-66(70)67-33-13-17-37-71(67)79/h1-43,47-48H,44-46,49-50H2. The highest BCUT2D eigenvalue weighted by atomic mass is 15.0. The summed E-state index contributed by atoms with van der Waals surface area (Å²) in [6, 6.07) is 99.0. The van der Waals surface area contributed by atoms with Crippen molar-refractivity contribution >= 4 is 43.6 Å². The zero-order valence-electron chi connectivity index (χ0n) is 43.8. The number of hydrogen-bond donors (Lipinski definition) is 0. The van der Waals surface area contributed by atoms with Crippen LogP contribution in [0.25, 0.3) is 88.1 Å². The fraction of sp³-hybridized carbons (Fsp3) is 0.0676. The summed E-state index contributed by atoms with van der Waals surface area (Å²) in [5.41, 5.74) is 20.3. The van der Waals surface area contributed by atoms with E-state index in [2.05, 4.69) is 282 Å². The second-order valence-corrected chi connectivity index (χ2v) is 20.8. The number of rotatable bonds is 14. The summed E-state index contributed by atoms with van der Waals surface area (Å²) in [5, 5.41) is 5.10. The van der Waals surface area contributed by atoms with Gasteiger partial charge in [0, 0.05) is 76.0 Å². The summed E-state index contributed by atoms with van der Waals surface area (Å²) in [4.78, 5) is 15.6. The van der Waals surface area contributed by atoms with Crippen molar-refractivity contribution in [2.24, 2.45) is 0 Å². The van der Waals surface area contributed by atoms with Crippen LogP contribution < -0.4 is 0 Å². The Kier molecular flexibility index (Phi) is 12.5. The fourth-order valence-corrected chi connectivity index (χ4v) is 11.8. The van der Waals surface area contributed by atoms with Gasteiger partial charge >= 0.3 is 0 Å². The molecule has 0 fully saturated rings. The lowest BCUT2D eigenvalue weighted by Gasteiger charge is -2.14. The Balaban J connectivity index is 0.796. The summed E-state index contributed by atoms with van der Waals surface area (Å²) < 4.78 is 4.93. The van der Waals surface area contributed by atoms with Gasteiger partial charge in [0.1, 0.15) is 17.5 Å². The molecule has 14 rings (SSSR count). The lowest BCUT2D eigenvalue weighted by molar-refractivity contribution is 0.797. The van der Waals surface area contributed by atoms with Gasteiger partial charge in [0.05, 0.1) is 0 Å². The SMILES string of the molecule is c1ccc(Cc2nc(Cc3cccc(-c4cc(Cn5c6ccccc6c6ccccc65)cc(-c5ccccc5)c4)c3)nc(Cc3cccc(-c4cc(Cn5c6ccccc6c6ccccc65)cc(-c5ccccc5)c4)c3)n2)cc1. The van der Waals surface area contributed by atoms with Crippen LogP contribution in [-0.2, 0) is 32.4 Å². The van der Waals surface area contributed by atoms with Gasteiger partial charge in [-0.2, -0.15) is 0 Å². The maximum Gasteiger partial charge on any atom is 0.137 e. The van der Waals surface area contributed by atoms with Gasteiger partial charge in [0.25, 0.3) is 0 Å². The monoisotopic (exact) mass is 1010 g/mol. The molecule has 0 amide bonds. The van der Waals surface area contributed by atoms with Gasteiger partial charge in [-0.3, -0.25) is 0 Å². The number of benzene rings is 11. The van der Waals surface area contributed by atoms with Crippen LogP contribution in [0.2, 0.25) is 0 Å². The molecule has 0 aliphatic carbocycles. The Morgan fingerprint density at radius 2 is 0.494 bits per heavy atom. The van der Waals surface area contributed by atoms with E-state index in [9.17, 15) is 0 Å². The highest BCUT2D eigenvalue weighted by Crippen LogP contribution is 2.36. The largest absolute Gasteiger partial charge is 0.336 e. The van der Waals surface area contributed by atoms with Crippen LogP contribution in [-0.4, -0.2) is 24.1 Å². The number of para-hydroxylation sites is 4. The van der Waals surface area contributed by atoms with Crippen LogP contribution in [0.4, 0.5) is 0 Å². The van der Waals surface area contributed by atoms with Gasteiger partial charge in [0.2, 0.25) is 0 Å². The van der Waals surface area contributed by atoms with E-state index in [0.717, 1.165) is 52.8 Å². The van der Waals surface area contributed by atoms with E-state index in [-0.39, 0.29) is 0 Å². The van der Waals surface area contributed by atoms with Crippen molar-refractivity contribution in [3.05, 3.63) is 318 Å². The molecule has 0 aliphatic rings. The summed E-state index contributed by atoms with van der Waals surface area (Å²) in [6.07, 6.45) is 1.75. The molecule has 3 aromatic heterocycles. The van der Waals surface area contributed by atoms with E-state index in [0.29, 0.717) is 19.3 Å². The van der Waals surface area contributed by atoms with Gasteiger partial charge in [-0.15, -0.1) is 0 Å². The maximum atomic E-state index is 5.26. The molecule has 0 aliphatic heterocycles. The minimum atomic E-state index is 0.568. The average Bonchev–Trinajstić information content (AvgIpc) is 4.19. The van der Waals surface area contributed by atoms with E-state index in [1.54, 1.807) is 0 Å². The molecule has 376 valence electrons. The predicted molar refractivity (Wildman–Crippen MR) is 326 cm³/mol. The molecule has 0 atom stereocenters. The number of nitrogens with zero attached hydrogens (tertiary/aromatic N) is 5. The van der Waals surface area contributed by atoms with Crippen molar-refractivity contribution in [2.45, 2.75) is 32.4 Å². The van der Waals surface area contributed by atoms with Gasteiger partial charge < -0.3 is 9.13 Å². The first kappa shape index (κ1) is 47.5. The molecule has 5 heteroatoms. The number of aromatic nitrogens is 5. The van der Waals surface area contributed by atoms with Crippen molar-refractivity contribution in [2.75, 3.05) is 0 Å². The Labute approximate surface area is 460 Å². The van der Waals surface area contributed by atoms with Crippen molar-refractivity contribution in [1.82, 2.24) is 24.1 Å². The van der Waals surface area contributed by atoms with Gasteiger partial charge in [-0.1, -0.05) is 212 Å². The van der Waals surface area contributed by atoms with Crippen LogP contribution in [0.1, 0.15) is 45.3 Å². The molecule has 3 heterocycles. The molecule has 14 aromatic rings. The van der Waals surface area contributed by atoms with Gasteiger partial charge in [0.15, 0.2) is 0 Å². The molecule has 0 N–H and O–H groups in total. The van der Waals surface area contributed by atoms with Gasteiger partial charge in [-0.05, 0) is 133 Å². The minimum absolute atomic E-state index is 0.568. The van der Waals surface area contributed by atoms with Gasteiger partial charge in [-0.25, -0.2) is 15.0 Å². The quantitative estimate of drug-likeness (QED) is 0.109. The first-order valence-electron chi connectivity index (χ1n) is 27.3. The van der Waals surface area contributed by atoms with Crippen molar-refractivity contribution in [3.8, 4) is 44.5 Å². The minimum Gasteiger partial charge on any atom is -0.336 e. The van der Waals surface area contributed by atoms with Crippen LogP contribution in [0.15, 0.2) is 273 Å². The molecular formula is C74H55N5. The number of hydrogen-bond acceptors (Lipinski definition) is 3. The predicted octanol–water partition coefficient (Wildman–Crippen LogP) is 17.6. The van der Waals surface area contributed by atoms with E-state index >= 15 is 0 Å². The molecular weight excluding hydrogens is 959 g/mol. The van der Waals surface area contributed by atoms with E-state index in [1.165, 1.54) is 93.7 Å². The highest BCUT2D eigenvalue weighted by Gasteiger charge is 2.17. The van der Waals surface area contributed by atoms with E-state index in [4.69, 9.17) is 15.0 Å². The van der Waals surface area contributed by atoms with Crippen LogP contribution in [0, 0.1) is 0 Å². The first-order chi connectivity index (χ1) is 39.1. The lowest BCUT2D eigenvalue weighted by Crippen LogP contribution is -2.10.